The second kappa shape index (κ2) is 5.26. The van der Waals surface area contributed by atoms with Crippen molar-refractivity contribution in [2.24, 2.45) is 0 Å². The molecule has 2 rings (SSSR count). The van der Waals surface area contributed by atoms with Gasteiger partial charge in [-0.25, -0.2) is 0 Å². The lowest BCUT2D eigenvalue weighted by Crippen LogP contribution is -2.48. The molecule has 0 saturated carbocycles. The summed E-state index contributed by atoms with van der Waals surface area (Å²) in [6.45, 7) is 2.08. The largest absolute Gasteiger partial charge is 0.408 e. The van der Waals surface area contributed by atoms with E-state index in [9.17, 15) is 13.2 Å². The average molecular weight is 329 g/mol. The minimum absolute atomic E-state index is 0.353. The molecule has 0 unspecified atom stereocenters. The zero-order valence-electron chi connectivity index (χ0n) is 8.93. The molecule has 1 aromatic heterocycles. The number of thiophene rings is 1. The fraction of sp³-hybridized carbons (Fsp3) is 0.600. The van der Waals surface area contributed by atoms with Gasteiger partial charge in [-0.2, -0.15) is 13.2 Å². The van der Waals surface area contributed by atoms with Crippen LogP contribution in [-0.4, -0.2) is 37.3 Å². The van der Waals surface area contributed by atoms with Gasteiger partial charge < -0.3 is 5.32 Å². The van der Waals surface area contributed by atoms with Gasteiger partial charge in [0.2, 0.25) is 0 Å². The molecule has 96 valence electrons. The van der Waals surface area contributed by atoms with Gasteiger partial charge in [-0.15, -0.1) is 11.3 Å². The van der Waals surface area contributed by atoms with Gasteiger partial charge in [0, 0.05) is 31.1 Å². The van der Waals surface area contributed by atoms with Gasteiger partial charge in [-0.1, -0.05) is 0 Å². The molecule has 1 atom stereocenters. The van der Waals surface area contributed by atoms with Crippen LogP contribution >= 0.6 is 27.3 Å². The highest BCUT2D eigenvalue weighted by molar-refractivity contribution is 9.11. The molecule has 17 heavy (non-hydrogen) atoms. The molecule has 1 N–H and O–H groups in total. The topological polar surface area (TPSA) is 15.3 Å². The molecule has 0 radical (unpaired) electrons. The molecule has 0 aromatic carbocycles. The van der Waals surface area contributed by atoms with Crippen molar-refractivity contribution in [1.82, 2.24) is 10.2 Å². The average Bonchev–Trinajstić information content (AvgIpc) is 2.64. The van der Waals surface area contributed by atoms with E-state index in [4.69, 9.17) is 0 Å². The van der Waals surface area contributed by atoms with Crippen molar-refractivity contribution >= 4 is 27.3 Å². The molecule has 1 aromatic rings. The molecule has 0 spiro atoms. The highest BCUT2D eigenvalue weighted by Gasteiger charge is 2.45. The number of rotatable bonds is 2. The van der Waals surface area contributed by atoms with Crippen LogP contribution in [0.15, 0.2) is 15.9 Å². The normalized spacial score (nSPS) is 20.5. The van der Waals surface area contributed by atoms with Crippen LogP contribution in [0.2, 0.25) is 0 Å². The molecule has 2 nitrogen and oxygen atoms in total. The number of alkyl halides is 3. The zero-order valence-corrected chi connectivity index (χ0v) is 11.3. The first-order chi connectivity index (χ1) is 7.98. The second-order valence-electron chi connectivity index (χ2n) is 3.87. The summed E-state index contributed by atoms with van der Waals surface area (Å²) in [5.74, 6) is 0. The van der Waals surface area contributed by atoms with Crippen LogP contribution < -0.4 is 5.32 Å². The summed E-state index contributed by atoms with van der Waals surface area (Å²) >= 11 is 4.36. The summed E-state index contributed by atoms with van der Waals surface area (Å²) in [6.07, 6.45) is -4.22. The first kappa shape index (κ1) is 13.3. The van der Waals surface area contributed by atoms with Crippen molar-refractivity contribution < 1.29 is 13.2 Å². The first-order valence-electron chi connectivity index (χ1n) is 5.25. The maximum absolute atomic E-state index is 13.1. The lowest BCUT2D eigenvalue weighted by atomic mass is 10.1. The molecule has 1 fully saturated rings. The number of nitrogens with one attached hydrogen (secondary N) is 1. The lowest BCUT2D eigenvalue weighted by molar-refractivity contribution is -0.186. The molecule has 1 aliphatic heterocycles. The molecule has 0 aliphatic carbocycles. The van der Waals surface area contributed by atoms with E-state index < -0.39 is 12.2 Å². The van der Waals surface area contributed by atoms with E-state index in [1.807, 2.05) is 0 Å². The van der Waals surface area contributed by atoms with Crippen LogP contribution in [0.1, 0.15) is 10.9 Å². The number of hydrogen-bond donors (Lipinski definition) is 1. The third-order valence-electron chi connectivity index (χ3n) is 2.69. The molecule has 0 amide bonds. The Balaban J connectivity index is 2.24. The van der Waals surface area contributed by atoms with E-state index in [0.29, 0.717) is 31.1 Å². The SMILES string of the molecule is FC(F)(F)[C@@H](c1ccc(Br)s1)N1CCNCC1. The maximum Gasteiger partial charge on any atom is 0.408 e. The van der Waals surface area contributed by atoms with E-state index in [1.54, 1.807) is 12.1 Å². The molecule has 7 heteroatoms. The Bertz CT molecular complexity index is 374. The first-order valence-corrected chi connectivity index (χ1v) is 6.86. The van der Waals surface area contributed by atoms with Crippen LogP contribution in [0.25, 0.3) is 0 Å². The van der Waals surface area contributed by atoms with Crippen LogP contribution in [0, 0.1) is 0 Å². The molecule has 1 aliphatic rings. The monoisotopic (exact) mass is 328 g/mol. The lowest BCUT2D eigenvalue weighted by Gasteiger charge is -2.35. The summed E-state index contributed by atoms with van der Waals surface area (Å²) < 4.78 is 40.1. The molecule has 0 bridgehead atoms. The molecular formula is C10H12BrF3N2S. The summed E-state index contributed by atoms with van der Waals surface area (Å²) in [5, 5.41) is 3.06. The van der Waals surface area contributed by atoms with E-state index >= 15 is 0 Å². The fourth-order valence-electron chi connectivity index (χ4n) is 1.96. The van der Waals surface area contributed by atoms with Gasteiger partial charge in [0.1, 0.15) is 6.04 Å². The minimum atomic E-state index is -4.22. The highest BCUT2D eigenvalue weighted by Crippen LogP contribution is 2.41. The Morgan fingerprint density at radius 1 is 1.29 bits per heavy atom. The predicted molar refractivity (Wildman–Crippen MR) is 65.3 cm³/mol. The Morgan fingerprint density at radius 3 is 2.41 bits per heavy atom. The Kier molecular flexibility index (Phi) is 4.12. The summed E-state index contributed by atoms with van der Waals surface area (Å²) in [7, 11) is 0. The summed E-state index contributed by atoms with van der Waals surface area (Å²) in [5.41, 5.74) is 0. The van der Waals surface area contributed by atoms with Crippen molar-refractivity contribution in [1.29, 1.82) is 0 Å². The quantitative estimate of drug-likeness (QED) is 0.897. The van der Waals surface area contributed by atoms with E-state index in [2.05, 4.69) is 21.2 Å². The van der Waals surface area contributed by atoms with Crippen molar-refractivity contribution in [3.05, 3.63) is 20.8 Å². The number of halogens is 4. The smallest absolute Gasteiger partial charge is 0.314 e. The Morgan fingerprint density at radius 2 is 1.94 bits per heavy atom. The van der Waals surface area contributed by atoms with E-state index in [-0.39, 0.29) is 0 Å². The highest BCUT2D eigenvalue weighted by atomic mass is 79.9. The minimum Gasteiger partial charge on any atom is -0.314 e. The van der Waals surface area contributed by atoms with Gasteiger partial charge in [-0.05, 0) is 28.1 Å². The molecule has 1 saturated heterocycles. The summed E-state index contributed by atoms with van der Waals surface area (Å²) in [6, 6.07) is 1.75. The third-order valence-corrected chi connectivity index (χ3v) is 4.37. The number of nitrogens with zero attached hydrogens (tertiary/aromatic N) is 1. The third kappa shape index (κ3) is 3.21. The van der Waals surface area contributed by atoms with Crippen LogP contribution in [0.4, 0.5) is 13.2 Å². The Hall–Kier alpha value is -0.110. The molecule has 2 heterocycles. The van der Waals surface area contributed by atoms with Crippen molar-refractivity contribution in [2.75, 3.05) is 26.2 Å². The van der Waals surface area contributed by atoms with Gasteiger partial charge in [0.25, 0.3) is 0 Å². The van der Waals surface area contributed by atoms with Gasteiger partial charge in [0.05, 0.1) is 3.79 Å². The van der Waals surface area contributed by atoms with Gasteiger partial charge >= 0.3 is 6.18 Å². The van der Waals surface area contributed by atoms with Gasteiger partial charge in [0.15, 0.2) is 0 Å². The Labute approximate surface area is 110 Å². The number of piperazine rings is 1. The summed E-state index contributed by atoms with van der Waals surface area (Å²) in [4.78, 5) is 1.85. The van der Waals surface area contributed by atoms with Crippen LogP contribution in [-0.2, 0) is 0 Å². The number of hydrogen-bond acceptors (Lipinski definition) is 3. The van der Waals surface area contributed by atoms with Gasteiger partial charge in [-0.3, -0.25) is 4.90 Å². The second-order valence-corrected chi connectivity index (χ2v) is 6.37. The van der Waals surface area contributed by atoms with Crippen molar-refractivity contribution in [2.45, 2.75) is 12.2 Å². The zero-order chi connectivity index (χ0) is 12.5. The van der Waals surface area contributed by atoms with Crippen molar-refractivity contribution in [3.63, 3.8) is 0 Å². The van der Waals surface area contributed by atoms with Crippen LogP contribution in [0.5, 0.6) is 0 Å². The van der Waals surface area contributed by atoms with E-state index in [1.165, 1.54) is 4.90 Å². The van der Waals surface area contributed by atoms with Crippen LogP contribution in [0.3, 0.4) is 0 Å². The fourth-order valence-corrected chi connectivity index (χ4v) is 3.55. The molecular weight excluding hydrogens is 317 g/mol. The predicted octanol–water partition coefficient (Wildman–Crippen LogP) is 3.02. The van der Waals surface area contributed by atoms with Crippen molar-refractivity contribution in [3.8, 4) is 0 Å². The standard InChI is InChI=1S/C10H12BrF3N2S/c11-8-2-1-7(17-8)9(10(12,13)14)16-5-3-15-4-6-16/h1-2,9,15H,3-6H2/t9-/m1/s1. The maximum atomic E-state index is 13.1. The van der Waals surface area contributed by atoms with E-state index in [0.717, 1.165) is 15.1 Å².